The van der Waals surface area contributed by atoms with Crippen LogP contribution in [0.5, 0.6) is 0 Å². The Bertz CT molecular complexity index is 549. The van der Waals surface area contributed by atoms with Crippen molar-refractivity contribution >= 4 is 0 Å². The third-order valence-corrected chi connectivity index (χ3v) is 9.01. The van der Waals surface area contributed by atoms with Crippen molar-refractivity contribution in [3.63, 3.8) is 0 Å². The predicted molar refractivity (Wildman–Crippen MR) is 85.5 cm³/mol. The summed E-state index contributed by atoms with van der Waals surface area (Å²) < 4.78 is 13.8. The van der Waals surface area contributed by atoms with Gasteiger partial charge in [-0.1, -0.05) is 25.7 Å². The standard InChI is InChI=1S/C20H30O3/c21-20-15-8-5-9-17(20)13-16-7-2-4-11-19(16,23-20)22-18(17)10-3-1-6-14(18)12-15/h14-16,21H,1-13H2/t14-,15-,16-,17+,18-,19+,20-/m1/s1. The molecule has 4 saturated carbocycles. The molecule has 3 heteroatoms. The van der Waals surface area contributed by atoms with Gasteiger partial charge in [0.05, 0.1) is 11.0 Å². The topological polar surface area (TPSA) is 38.7 Å². The van der Waals surface area contributed by atoms with E-state index in [-0.39, 0.29) is 11.0 Å². The average Bonchev–Trinajstić information content (AvgIpc) is 2.52. The highest BCUT2D eigenvalue weighted by Crippen LogP contribution is 2.77. The highest BCUT2D eigenvalue weighted by Gasteiger charge is 2.82. The van der Waals surface area contributed by atoms with Crippen molar-refractivity contribution in [2.24, 2.45) is 23.2 Å². The highest BCUT2D eigenvalue weighted by molar-refractivity contribution is 5.25. The van der Waals surface area contributed by atoms with Gasteiger partial charge in [-0.05, 0) is 57.3 Å². The van der Waals surface area contributed by atoms with Crippen LogP contribution in [0.4, 0.5) is 0 Å². The zero-order valence-electron chi connectivity index (χ0n) is 14.2. The molecule has 128 valence electrons. The number of rotatable bonds is 0. The van der Waals surface area contributed by atoms with Crippen LogP contribution in [0, 0.1) is 23.2 Å². The van der Waals surface area contributed by atoms with Crippen LogP contribution in [-0.4, -0.2) is 22.3 Å². The van der Waals surface area contributed by atoms with E-state index < -0.39 is 11.6 Å². The monoisotopic (exact) mass is 318 g/mol. The van der Waals surface area contributed by atoms with Gasteiger partial charge in [-0.3, -0.25) is 0 Å². The maximum atomic E-state index is 11.9. The third-order valence-electron chi connectivity index (χ3n) is 9.01. The van der Waals surface area contributed by atoms with E-state index >= 15 is 0 Å². The lowest BCUT2D eigenvalue weighted by Crippen LogP contribution is -2.85. The highest BCUT2D eigenvalue weighted by atomic mass is 16.8. The maximum Gasteiger partial charge on any atom is 0.180 e. The molecule has 7 atom stereocenters. The first kappa shape index (κ1) is 14.1. The molecule has 5 bridgehead atoms. The minimum Gasteiger partial charge on any atom is -0.365 e. The van der Waals surface area contributed by atoms with Gasteiger partial charge in [0.1, 0.15) is 0 Å². The smallest absolute Gasteiger partial charge is 0.180 e. The lowest BCUT2D eigenvalue weighted by atomic mass is 9.40. The predicted octanol–water partition coefficient (Wildman–Crippen LogP) is 4.13. The lowest BCUT2D eigenvalue weighted by Gasteiger charge is -2.79. The van der Waals surface area contributed by atoms with Crippen LogP contribution in [0.1, 0.15) is 83.5 Å². The summed E-state index contributed by atoms with van der Waals surface area (Å²) in [5.74, 6) is 0.231. The molecule has 0 radical (unpaired) electrons. The zero-order valence-corrected chi connectivity index (χ0v) is 14.2. The second-order valence-corrected chi connectivity index (χ2v) is 9.60. The minimum absolute atomic E-state index is 0.0665. The summed E-state index contributed by atoms with van der Waals surface area (Å²) in [6, 6.07) is 0. The van der Waals surface area contributed by atoms with Gasteiger partial charge in [0.15, 0.2) is 11.6 Å². The first-order chi connectivity index (χ1) is 11.1. The first-order valence-corrected chi connectivity index (χ1v) is 10.3. The number of ether oxygens (including phenoxy) is 2. The molecule has 4 aliphatic carbocycles. The van der Waals surface area contributed by atoms with E-state index in [1.54, 1.807) is 0 Å². The van der Waals surface area contributed by atoms with Crippen LogP contribution in [0.25, 0.3) is 0 Å². The van der Waals surface area contributed by atoms with Crippen LogP contribution >= 0.6 is 0 Å². The molecule has 0 amide bonds. The Hall–Kier alpha value is -0.120. The summed E-state index contributed by atoms with van der Waals surface area (Å²) >= 11 is 0. The number of hydrogen-bond acceptors (Lipinski definition) is 3. The van der Waals surface area contributed by atoms with E-state index in [9.17, 15) is 5.11 Å². The summed E-state index contributed by atoms with van der Waals surface area (Å²) in [6.45, 7) is 0. The van der Waals surface area contributed by atoms with Crippen molar-refractivity contribution in [3.05, 3.63) is 0 Å². The molecule has 7 aliphatic rings. The molecule has 7 rings (SSSR count). The van der Waals surface area contributed by atoms with Gasteiger partial charge in [0.25, 0.3) is 0 Å². The Balaban J connectivity index is 1.58. The van der Waals surface area contributed by atoms with Crippen molar-refractivity contribution in [2.45, 2.75) is 101 Å². The van der Waals surface area contributed by atoms with Crippen LogP contribution in [0.2, 0.25) is 0 Å². The maximum absolute atomic E-state index is 11.9. The van der Waals surface area contributed by atoms with Gasteiger partial charge in [0.2, 0.25) is 0 Å². The fraction of sp³-hybridized carbons (Fsp3) is 1.00. The molecule has 23 heavy (non-hydrogen) atoms. The Labute approximate surface area is 139 Å². The van der Waals surface area contributed by atoms with Gasteiger partial charge in [-0.15, -0.1) is 0 Å². The molecule has 0 unspecified atom stereocenters. The molecule has 3 saturated heterocycles. The van der Waals surface area contributed by atoms with Crippen molar-refractivity contribution in [3.8, 4) is 0 Å². The quantitative estimate of drug-likeness (QED) is 0.730. The van der Waals surface area contributed by atoms with Gasteiger partial charge in [-0.25, -0.2) is 0 Å². The summed E-state index contributed by atoms with van der Waals surface area (Å²) in [6.07, 6.45) is 15.7. The first-order valence-electron chi connectivity index (χ1n) is 10.3. The second-order valence-electron chi connectivity index (χ2n) is 9.60. The van der Waals surface area contributed by atoms with E-state index in [4.69, 9.17) is 9.47 Å². The molecular formula is C20H30O3. The minimum atomic E-state index is -0.884. The van der Waals surface area contributed by atoms with Crippen LogP contribution < -0.4 is 0 Å². The summed E-state index contributed by atoms with van der Waals surface area (Å²) in [5.41, 5.74) is -0.168. The SMILES string of the molecule is O[C@]12O[C@@]34CCCC[C@@H]3C[C@]13CCC[C@@H]2C[C@H]1CCCC[C@@]13O4. The molecule has 7 fully saturated rings. The van der Waals surface area contributed by atoms with E-state index in [1.165, 1.54) is 57.8 Å². The largest absolute Gasteiger partial charge is 0.365 e. The normalized spacial score (nSPS) is 63.3. The van der Waals surface area contributed by atoms with E-state index in [1.807, 2.05) is 0 Å². The van der Waals surface area contributed by atoms with E-state index in [2.05, 4.69) is 0 Å². The Morgan fingerprint density at radius 2 is 1.52 bits per heavy atom. The van der Waals surface area contributed by atoms with Crippen LogP contribution in [0.15, 0.2) is 0 Å². The van der Waals surface area contributed by atoms with Gasteiger partial charge in [0, 0.05) is 18.3 Å². The van der Waals surface area contributed by atoms with Crippen molar-refractivity contribution in [2.75, 3.05) is 0 Å². The fourth-order valence-corrected chi connectivity index (χ4v) is 8.27. The second kappa shape index (κ2) is 4.16. The molecular weight excluding hydrogens is 288 g/mol. The molecule has 0 aromatic rings. The van der Waals surface area contributed by atoms with Crippen LogP contribution in [-0.2, 0) is 9.47 Å². The van der Waals surface area contributed by atoms with Crippen molar-refractivity contribution in [1.82, 2.24) is 0 Å². The molecule has 0 aromatic heterocycles. The Morgan fingerprint density at radius 1 is 0.739 bits per heavy atom. The molecule has 0 aromatic carbocycles. The molecule has 3 nitrogen and oxygen atoms in total. The number of hydrogen-bond donors (Lipinski definition) is 1. The van der Waals surface area contributed by atoms with Gasteiger partial charge < -0.3 is 14.6 Å². The van der Waals surface area contributed by atoms with Crippen molar-refractivity contribution < 1.29 is 14.6 Å². The zero-order chi connectivity index (χ0) is 15.3. The van der Waals surface area contributed by atoms with E-state index in [0.717, 1.165) is 25.7 Å². The van der Waals surface area contributed by atoms with Gasteiger partial charge >= 0.3 is 0 Å². The molecule has 1 N–H and O–H groups in total. The Kier molecular flexibility index (Phi) is 2.55. The van der Waals surface area contributed by atoms with E-state index in [0.29, 0.717) is 17.8 Å². The Morgan fingerprint density at radius 3 is 2.43 bits per heavy atom. The van der Waals surface area contributed by atoms with Gasteiger partial charge in [-0.2, -0.15) is 0 Å². The molecule has 3 spiro atoms. The van der Waals surface area contributed by atoms with Crippen molar-refractivity contribution in [1.29, 1.82) is 0 Å². The third kappa shape index (κ3) is 1.36. The summed E-state index contributed by atoms with van der Waals surface area (Å²) in [5, 5.41) is 11.9. The summed E-state index contributed by atoms with van der Waals surface area (Å²) in [4.78, 5) is 0. The summed E-state index contributed by atoms with van der Waals surface area (Å²) in [7, 11) is 0. The fourth-order valence-electron chi connectivity index (χ4n) is 8.27. The molecule has 3 heterocycles. The number of aliphatic hydroxyl groups is 1. The average molecular weight is 318 g/mol. The van der Waals surface area contributed by atoms with Crippen LogP contribution in [0.3, 0.4) is 0 Å². The molecule has 3 aliphatic heterocycles. The lowest BCUT2D eigenvalue weighted by molar-refractivity contribution is -0.565.